The van der Waals surface area contributed by atoms with Gasteiger partial charge in [0.25, 0.3) is 0 Å². The highest BCUT2D eigenvalue weighted by Gasteiger charge is 2.19. The lowest BCUT2D eigenvalue weighted by atomic mass is 10.0. The van der Waals surface area contributed by atoms with Gasteiger partial charge in [0, 0.05) is 10.5 Å². The zero-order chi connectivity index (χ0) is 14.0. The Bertz CT molecular complexity index is 254. The fraction of sp³-hybridized carbons (Fsp3) is 0.941. The van der Waals surface area contributed by atoms with Crippen LogP contribution >= 0.6 is 23.5 Å². The third kappa shape index (κ3) is 6.89. The lowest BCUT2D eigenvalue weighted by Gasteiger charge is -2.19. The summed E-state index contributed by atoms with van der Waals surface area (Å²) in [6.07, 6.45) is 16.7. The van der Waals surface area contributed by atoms with Gasteiger partial charge in [0.2, 0.25) is 0 Å². The van der Waals surface area contributed by atoms with E-state index in [9.17, 15) is 4.79 Å². The molecule has 0 aromatic rings. The van der Waals surface area contributed by atoms with Crippen LogP contribution in [0, 0.1) is 0 Å². The van der Waals surface area contributed by atoms with E-state index in [2.05, 4.69) is 0 Å². The topological polar surface area (TPSA) is 17.1 Å². The second kappa shape index (κ2) is 10.2. The molecule has 2 unspecified atom stereocenters. The molecule has 1 aliphatic carbocycles. The highest BCUT2D eigenvalue weighted by atomic mass is 32.2. The Morgan fingerprint density at radius 1 is 0.600 bits per heavy atom. The Morgan fingerprint density at radius 2 is 1.00 bits per heavy atom. The summed E-state index contributed by atoms with van der Waals surface area (Å²) in [5, 5.41) is 1.51. The number of fused-ring (bicyclic) bond motifs is 3. The summed E-state index contributed by atoms with van der Waals surface area (Å²) in [6.45, 7) is 0. The summed E-state index contributed by atoms with van der Waals surface area (Å²) in [6, 6.07) is 0. The molecule has 1 saturated carbocycles. The van der Waals surface area contributed by atoms with Gasteiger partial charge in [-0.2, -0.15) is 23.5 Å². The van der Waals surface area contributed by atoms with Crippen molar-refractivity contribution in [2.75, 3.05) is 11.5 Å². The van der Waals surface area contributed by atoms with Crippen LogP contribution in [-0.2, 0) is 4.79 Å². The molecule has 2 bridgehead atoms. The average Bonchev–Trinajstić information content (AvgIpc) is 2.54. The van der Waals surface area contributed by atoms with Crippen LogP contribution in [0.15, 0.2) is 0 Å². The lowest BCUT2D eigenvalue weighted by molar-refractivity contribution is -0.114. The van der Waals surface area contributed by atoms with Crippen LogP contribution in [0.2, 0.25) is 0 Å². The molecule has 0 aromatic heterocycles. The van der Waals surface area contributed by atoms with Crippen LogP contribution in [0.3, 0.4) is 0 Å². The Kier molecular flexibility index (Phi) is 8.50. The molecule has 0 N–H and O–H groups in total. The molecule has 1 saturated heterocycles. The van der Waals surface area contributed by atoms with Crippen molar-refractivity contribution in [2.24, 2.45) is 0 Å². The van der Waals surface area contributed by atoms with E-state index in [0.717, 1.165) is 22.0 Å². The fourth-order valence-electron chi connectivity index (χ4n) is 3.26. The van der Waals surface area contributed by atoms with Crippen LogP contribution in [0.4, 0.5) is 0 Å². The van der Waals surface area contributed by atoms with Crippen molar-refractivity contribution in [3.8, 4) is 0 Å². The first-order valence-electron chi connectivity index (χ1n) is 8.59. The number of hydrogen-bond acceptors (Lipinski definition) is 3. The van der Waals surface area contributed by atoms with E-state index in [0.29, 0.717) is 5.78 Å². The highest BCUT2D eigenvalue weighted by Crippen LogP contribution is 2.31. The first-order chi connectivity index (χ1) is 9.84. The fourth-order valence-corrected chi connectivity index (χ4v) is 5.71. The zero-order valence-electron chi connectivity index (χ0n) is 12.8. The monoisotopic (exact) mass is 314 g/mol. The first-order valence-corrected chi connectivity index (χ1v) is 10.7. The Hall–Kier alpha value is 0.370. The number of hydrogen-bond donors (Lipinski definition) is 0. The summed E-state index contributed by atoms with van der Waals surface area (Å²) < 4.78 is 0. The van der Waals surface area contributed by atoms with E-state index in [1.54, 1.807) is 0 Å². The normalized spacial score (nSPS) is 31.9. The van der Waals surface area contributed by atoms with Crippen molar-refractivity contribution >= 4 is 29.3 Å². The minimum Gasteiger partial charge on any atom is -0.298 e. The van der Waals surface area contributed by atoms with Gasteiger partial charge >= 0.3 is 0 Å². The SMILES string of the molecule is O=C1CSC2CCCCCCCCCCC(CC2)SC1. The molecule has 1 heterocycles. The summed E-state index contributed by atoms with van der Waals surface area (Å²) in [5.74, 6) is 2.01. The maximum absolute atomic E-state index is 11.9. The first kappa shape index (κ1) is 16.7. The third-order valence-corrected chi connectivity index (χ3v) is 7.44. The van der Waals surface area contributed by atoms with E-state index >= 15 is 0 Å². The molecule has 20 heavy (non-hydrogen) atoms. The van der Waals surface area contributed by atoms with Crippen LogP contribution in [0.1, 0.15) is 77.0 Å². The Balaban J connectivity index is 1.89. The summed E-state index contributed by atoms with van der Waals surface area (Å²) in [7, 11) is 0. The molecule has 2 aliphatic rings. The molecule has 0 spiro atoms. The molecular formula is C17H30OS2. The number of carbonyl (C=O) groups is 1. The molecule has 0 amide bonds. The second-order valence-electron chi connectivity index (χ2n) is 6.39. The van der Waals surface area contributed by atoms with Gasteiger partial charge in [-0.3, -0.25) is 4.79 Å². The number of carbonyl (C=O) groups excluding carboxylic acids is 1. The van der Waals surface area contributed by atoms with Crippen molar-refractivity contribution in [2.45, 2.75) is 87.5 Å². The van der Waals surface area contributed by atoms with Gasteiger partial charge in [-0.25, -0.2) is 0 Å². The van der Waals surface area contributed by atoms with E-state index in [1.165, 1.54) is 77.0 Å². The van der Waals surface area contributed by atoms with Gasteiger partial charge in [-0.1, -0.05) is 51.4 Å². The minimum atomic E-state index is 0.473. The van der Waals surface area contributed by atoms with Gasteiger partial charge in [0.15, 0.2) is 5.78 Å². The third-order valence-electron chi connectivity index (χ3n) is 4.57. The van der Waals surface area contributed by atoms with Gasteiger partial charge in [0.1, 0.15) is 0 Å². The van der Waals surface area contributed by atoms with Crippen LogP contribution in [0.25, 0.3) is 0 Å². The van der Waals surface area contributed by atoms with E-state index < -0.39 is 0 Å². The zero-order valence-corrected chi connectivity index (χ0v) is 14.4. The van der Waals surface area contributed by atoms with Gasteiger partial charge in [0.05, 0.1) is 11.5 Å². The predicted molar refractivity (Wildman–Crippen MR) is 92.9 cm³/mol. The molecule has 0 radical (unpaired) electrons. The number of thioether (sulfide) groups is 2. The summed E-state index contributed by atoms with van der Waals surface area (Å²) in [5.41, 5.74) is 0. The van der Waals surface area contributed by atoms with Crippen molar-refractivity contribution in [1.29, 1.82) is 0 Å². The van der Waals surface area contributed by atoms with Crippen LogP contribution < -0.4 is 0 Å². The molecule has 2 atom stereocenters. The molecule has 3 heteroatoms. The average molecular weight is 315 g/mol. The van der Waals surface area contributed by atoms with Gasteiger partial charge < -0.3 is 0 Å². The van der Waals surface area contributed by atoms with E-state index in [4.69, 9.17) is 0 Å². The molecule has 0 aromatic carbocycles. The highest BCUT2D eigenvalue weighted by molar-refractivity contribution is 8.02. The van der Waals surface area contributed by atoms with Crippen molar-refractivity contribution < 1.29 is 4.79 Å². The summed E-state index contributed by atoms with van der Waals surface area (Å²) in [4.78, 5) is 11.9. The number of Topliss-reactive ketones (excluding diaryl/α,β-unsaturated/α-hetero) is 1. The van der Waals surface area contributed by atoms with Crippen LogP contribution in [0.5, 0.6) is 0 Å². The quantitative estimate of drug-likeness (QED) is 0.590. The molecule has 1 nitrogen and oxygen atoms in total. The van der Waals surface area contributed by atoms with Crippen molar-refractivity contribution in [1.82, 2.24) is 0 Å². The standard InChI is InChI=1S/C17H30OS2/c18-15-13-19-16-9-7-5-3-1-2-4-6-8-10-17(12-11-16)20-14-15/h16-17H,1-14H2. The lowest BCUT2D eigenvalue weighted by Crippen LogP contribution is -2.09. The largest absolute Gasteiger partial charge is 0.298 e. The number of rotatable bonds is 0. The van der Waals surface area contributed by atoms with Gasteiger partial charge in [-0.15, -0.1) is 0 Å². The van der Waals surface area contributed by atoms with Gasteiger partial charge in [-0.05, 0) is 25.7 Å². The molecule has 2 rings (SSSR count). The Morgan fingerprint density at radius 3 is 1.45 bits per heavy atom. The predicted octanol–water partition coefficient (Wildman–Crippen LogP) is 5.47. The smallest absolute Gasteiger partial charge is 0.152 e. The molecule has 116 valence electrons. The molecule has 2 fully saturated rings. The second-order valence-corrected chi connectivity index (χ2v) is 8.97. The van der Waals surface area contributed by atoms with Crippen molar-refractivity contribution in [3.05, 3.63) is 0 Å². The van der Waals surface area contributed by atoms with Crippen LogP contribution in [-0.4, -0.2) is 27.8 Å². The summed E-state index contributed by atoms with van der Waals surface area (Å²) >= 11 is 3.91. The number of ketones is 1. The Labute approximate surface area is 133 Å². The minimum absolute atomic E-state index is 0.473. The molecular weight excluding hydrogens is 284 g/mol. The van der Waals surface area contributed by atoms with Crippen molar-refractivity contribution in [3.63, 3.8) is 0 Å². The van der Waals surface area contributed by atoms with E-state index in [-0.39, 0.29) is 0 Å². The van der Waals surface area contributed by atoms with E-state index in [1.807, 2.05) is 23.5 Å². The maximum atomic E-state index is 11.9. The maximum Gasteiger partial charge on any atom is 0.152 e. The molecule has 1 aliphatic heterocycles.